The minimum Gasteiger partial charge on any atom is -0.360 e. The number of aromatic nitrogens is 2. The summed E-state index contributed by atoms with van der Waals surface area (Å²) < 4.78 is 5.27. The first-order valence-electron chi connectivity index (χ1n) is 8.69. The zero-order valence-corrected chi connectivity index (χ0v) is 14.5. The van der Waals surface area contributed by atoms with Crippen LogP contribution in [-0.2, 0) is 0 Å². The molecule has 1 amide bonds. The highest BCUT2D eigenvalue weighted by molar-refractivity contribution is 6.13. The van der Waals surface area contributed by atoms with Gasteiger partial charge in [0.2, 0.25) is 0 Å². The number of hydrogen-bond donors (Lipinski definition) is 1. The van der Waals surface area contributed by atoms with E-state index in [1.54, 1.807) is 24.1 Å². The van der Waals surface area contributed by atoms with Gasteiger partial charge in [0.25, 0.3) is 5.91 Å². The number of ketones is 1. The number of rotatable bonds is 4. The van der Waals surface area contributed by atoms with Crippen molar-refractivity contribution in [2.45, 2.75) is 19.8 Å². The van der Waals surface area contributed by atoms with Crippen molar-refractivity contribution in [3.05, 3.63) is 65.2 Å². The van der Waals surface area contributed by atoms with Gasteiger partial charge in [-0.25, -0.2) is 0 Å². The summed E-state index contributed by atoms with van der Waals surface area (Å²) in [7, 11) is 0. The Morgan fingerprint density at radius 2 is 1.88 bits per heavy atom. The molecule has 132 valence electrons. The number of amides is 1. The van der Waals surface area contributed by atoms with E-state index in [0.717, 1.165) is 31.5 Å². The molecule has 0 spiro atoms. The average Bonchev–Trinajstić information content (AvgIpc) is 3.42. The Morgan fingerprint density at radius 3 is 2.62 bits per heavy atom. The van der Waals surface area contributed by atoms with Gasteiger partial charge >= 0.3 is 0 Å². The lowest BCUT2D eigenvalue weighted by Crippen LogP contribution is -2.27. The fourth-order valence-corrected chi connectivity index (χ4v) is 3.32. The van der Waals surface area contributed by atoms with Crippen LogP contribution in [0.2, 0.25) is 0 Å². The summed E-state index contributed by atoms with van der Waals surface area (Å²) in [6, 6.07) is 11.1. The summed E-state index contributed by atoms with van der Waals surface area (Å²) in [4.78, 5) is 30.3. The summed E-state index contributed by atoms with van der Waals surface area (Å²) in [6.07, 6.45) is 3.63. The van der Waals surface area contributed by atoms with E-state index in [-0.39, 0.29) is 11.7 Å². The van der Waals surface area contributed by atoms with Crippen molar-refractivity contribution < 1.29 is 14.1 Å². The lowest BCUT2D eigenvalue weighted by Gasteiger charge is -2.13. The van der Waals surface area contributed by atoms with Gasteiger partial charge in [0.05, 0.1) is 5.56 Å². The number of carbonyl (C=O) groups is 2. The molecule has 1 N–H and O–H groups in total. The van der Waals surface area contributed by atoms with Crippen molar-refractivity contribution in [2.75, 3.05) is 13.1 Å². The Morgan fingerprint density at radius 1 is 1.15 bits per heavy atom. The van der Waals surface area contributed by atoms with Gasteiger partial charge in [-0.15, -0.1) is 0 Å². The third-order valence-corrected chi connectivity index (χ3v) is 4.71. The van der Waals surface area contributed by atoms with Crippen LogP contribution >= 0.6 is 0 Å². The molecule has 26 heavy (non-hydrogen) atoms. The molecule has 1 aromatic carbocycles. The molecule has 0 atom stereocenters. The van der Waals surface area contributed by atoms with Crippen molar-refractivity contribution in [1.29, 1.82) is 0 Å². The molecule has 1 fully saturated rings. The first-order valence-corrected chi connectivity index (χ1v) is 8.69. The molecule has 0 unspecified atom stereocenters. The first kappa shape index (κ1) is 16.3. The maximum atomic E-state index is 13.0. The SMILES string of the molecule is Cc1onc(-c2ccccc2)c1C(=O)c1c[nH]c(C(=O)N2CCCC2)c1. The monoisotopic (exact) mass is 349 g/mol. The van der Waals surface area contributed by atoms with E-state index in [1.807, 2.05) is 30.3 Å². The maximum absolute atomic E-state index is 13.0. The van der Waals surface area contributed by atoms with Crippen LogP contribution in [0.4, 0.5) is 0 Å². The fourth-order valence-electron chi connectivity index (χ4n) is 3.32. The van der Waals surface area contributed by atoms with Crippen LogP contribution < -0.4 is 0 Å². The van der Waals surface area contributed by atoms with Crippen LogP contribution in [-0.4, -0.2) is 39.8 Å². The van der Waals surface area contributed by atoms with E-state index in [9.17, 15) is 9.59 Å². The van der Waals surface area contributed by atoms with E-state index in [4.69, 9.17) is 4.52 Å². The molecule has 1 saturated heterocycles. The average molecular weight is 349 g/mol. The minimum atomic E-state index is -0.209. The topological polar surface area (TPSA) is 79.2 Å². The molecular formula is C20H19N3O3. The van der Waals surface area contributed by atoms with Gasteiger partial charge in [-0.2, -0.15) is 0 Å². The van der Waals surface area contributed by atoms with Gasteiger partial charge < -0.3 is 14.4 Å². The molecule has 4 rings (SSSR count). The lowest BCUT2D eigenvalue weighted by molar-refractivity contribution is 0.0787. The largest absolute Gasteiger partial charge is 0.360 e. The number of likely N-dealkylation sites (tertiary alicyclic amines) is 1. The van der Waals surface area contributed by atoms with Crippen LogP contribution in [0.25, 0.3) is 11.3 Å². The Balaban J connectivity index is 1.65. The molecule has 0 aliphatic carbocycles. The van der Waals surface area contributed by atoms with Gasteiger partial charge in [-0.3, -0.25) is 9.59 Å². The molecule has 2 aromatic heterocycles. The van der Waals surface area contributed by atoms with E-state index >= 15 is 0 Å². The zero-order chi connectivity index (χ0) is 18.1. The maximum Gasteiger partial charge on any atom is 0.270 e. The molecule has 6 nitrogen and oxygen atoms in total. The van der Waals surface area contributed by atoms with Crippen molar-refractivity contribution in [2.24, 2.45) is 0 Å². The van der Waals surface area contributed by atoms with E-state index in [0.29, 0.717) is 28.3 Å². The molecule has 3 aromatic rings. The second-order valence-corrected chi connectivity index (χ2v) is 6.46. The smallest absolute Gasteiger partial charge is 0.270 e. The van der Waals surface area contributed by atoms with Crippen molar-refractivity contribution >= 4 is 11.7 Å². The van der Waals surface area contributed by atoms with Crippen LogP contribution in [0.3, 0.4) is 0 Å². The van der Waals surface area contributed by atoms with Crippen molar-refractivity contribution in [3.63, 3.8) is 0 Å². The van der Waals surface area contributed by atoms with Gasteiger partial charge in [-0.05, 0) is 25.8 Å². The standard InChI is InChI=1S/C20H19N3O3/c1-13-17(18(22-26-13)14-7-3-2-4-8-14)19(24)15-11-16(21-12-15)20(25)23-9-5-6-10-23/h2-4,7-8,11-12,21H,5-6,9-10H2,1H3. The molecule has 0 bridgehead atoms. The molecule has 1 aliphatic rings. The van der Waals surface area contributed by atoms with Crippen LogP contribution in [0.5, 0.6) is 0 Å². The predicted molar refractivity (Wildman–Crippen MR) is 96.0 cm³/mol. The quantitative estimate of drug-likeness (QED) is 0.732. The number of benzene rings is 1. The Hall–Kier alpha value is -3.15. The molecule has 3 heterocycles. The molecule has 6 heteroatoms. The molecule has 1 aliphatic heterocycles. The van der Waals surface area contributed by atoms with Crippen LogP contribution in [0.1, 0.15) is 45.0 Å². The number of nitrogens with zero attached hydrogens (tertiary/aromatic N) is 2. The van der Waals surface area contributed by atoms with Crippen LogP contribution in [0.15, 0.2) is 47.1 Å². The van der Waals surface area contributed by atoms with Gasteiger partial charge in [0.15, 0.2) is 5.78 Å². The molecule has 0 saturated carbocycles. The summed E-state index contributed by atoms with van der Waals surface area (Å²) >= 11 is 0. The Kier molecular flexibility index (Phi) is 4.16. The van der Waals surface area contributed by atoms with Crippen LogP contribution in [0, 0.1) is 6.92 Å². The normalized spacial score (nSPS) is 14.0. The highest BCUT2D eigenvalue weighted by atomic mass is 16.5. The number of aryl methyl sites for hydroxylation is 1. The van der Waals surface area contributed by atoms with E-state index in [2.05, 4.69) is 10.1 Å². The predicted octanol–water partition coefficient (Wildman–Crippen LogP) is 3.45. The fraction of sp³-hybridized carbons (Fsp3) is 0.250. The van der Waals surface area contributed by atoms with Crippen molar-refractivity contribution in [3.8, 4) is 11.3 Å². The van der Waals surface area contributed by atoms with Gasteiger partial charge in [-0.1, -0.05) is 35.5 Å². The second-order valence-electron chi connectivity index (χ2n) is 6.46. The summed E-state index contributed by atoms with van der Waals surface area (Å²) in [6.45, 7) is 3.25. The van der Waals surface area contributed by atoms with E-state index in [1.165, 1.54) is 0 Å². The third-order valence-electron chi connectivity index (χ3n) is 4.71. The summed E-state index contributed by atoms with van der Waals surface area (Å²) in [5, 5.41) is 4.06. The number of aromatic amines is 1. The molecule has 0 radical (unpaired) electrons. The second kappa shape index (κ2) is 6.63. The summed E-state index contributed by atoms with van der Waals surface area (Å²) in [5.74, 6) is 0.189. The highest BCUT2D eigenvalue weighted by Crippen LogP contribution is 2.27. The first-order chi connectivity index (χ1) is 12.6. The third kappa shape index (κ3) is 2.83. The van der Waals surface area contributed by atoms with E-state index < -0.39 is 0 Å². The number of nitrogens with one attached hydrogen (secondary N) is 1. The lowest BCUT2D eigenvalue weighted by atomic mass is 9.99. The zero-order valence-electron chi connectivity index (χ0n) is 14.5. The highest BCUT2D eigenvalue weighted by Gasteiger charge is 2.26. The summed E-state index contributed by atoms with van der Waals surface area (Å²) in [5.41, 5.74) is 2.62. The Bertz CT molecular complexity index is 950. The number of H-pyrrole nitrogens is 1. The van der Waals surface area contributed by atoms with Gasteiger partial charge in [0.1, 0.15) is 17.1 Å². The van der Waals surface area contributed by atoms with Gasteiger partial charge in [0, 0.05) is 30.4 Å². The Labute approximate surface area is 150 Å². The molecular weight excluding hydrogens is 330 g/mol. The van der Waals surface area contributed by atoms with Crippen molar-refractivity contribution in [1.82, 2.24) is 15.0 Å². The number of carbonyl (C=O) groups excluding carboxylic acids is 2. The number of hydrogen-bond acceptors (Lipinski definition) is 4. The minimum absolute atomic E-state index is 0.0631.